The number of amides is 3. The highest BCUT2D eigenvalue weighted by Gasteiger charge is 2.52. The van der Waals surface area contributed by atoms with E-state index in [9.17, 15) is 14.7 Å². The maximum atomic E-state index is 13.6. The predicted molar refractivity (Wildman–Crippen MR) is 126 cm³/mol. The van der Waals surface area contributed by atoms with Crippen molar-refractivity contribution >= 4 is 39.2 Å². The molecule has 1 saturated heterocycles. The van der Waals surface area contributed by atoms with Gasteiger partial charge < -0.3 is 20.5 Å². The number of anilines is 2. The summed E-state index contributed by atoms with van der Waals surface area (Å²) in [4.78, 5) is 30.1. The molecule has 0 bridgehead atoms. The Morgan fingerprint density at radius 1 is 1.34 bits per heavy atom. The molecule has 32 heavy (non-hydrogen) atoms. The number of hydrogen-bond donors (Lipinski definition) is 3. The summed E-state index contributed by atoms with van der Waals surface area (Å²) < 4.78 is 5.96. The lowest BCUT2D eigenvalue weighted by Gasteiger charge is -2.43. The zero-order chi connectivity index (χ0) is 22.9. The van der Waals surface area contributed by atoms with Crippen molar-refractivity contribution in [1.29, 1.82) is 0 Å². The minimum absolute atomic E-state index is 0.206. The maximum absolute atomic E-state index is 13.6. The molecule has 3 N–H and O–H groups in total. The van der Waals surface area contributed by atoms with E-state index in [1.807, 2.05) is 0 Å². The summed E-state index contributed by atoms with van der Waals surface area (Å²) in [6.45, 7) is 4.39. The Morgan fingerprint density at radius 3 is 2.91 bits per heavy atom. The third-order valence-electron chi connectivity index (χ3n) is 6.16. The minimum atomic E-state index is -2.25. The first-order valence-corrected chi connectivity index (χ1v) is 11.5. The lowest BCUT2D eigenvalue weighted by Crippen LogP contribution is -2.63. The molecule has 4 rings (SSSR count). The molecule has 3 amide bonds. The molecule has 8 nitrogen and oxygen atoms in total. The third kappa shape index (κ3) is 3.96. The zero-order valence-electron chi connectivity index (χ0n) is 18.1. The molecule has 2 aliphatic rings. The zero-order valence-corrected chi connectivity index (χ0v) is 19.7. The van der Waals surface area contributed by atoms with Crippen LogP contribution in [0, 0.1) is 0 Å². The van der Waals surface area contributed by atoms with E-state index in [2.05, 4.69) is 38.4 Å². The fraction of sp³-hybridized carbons (Fsp3) is 0.391. The van der Waals surface area contributed by atoms with Crippen molar-refractivity contribution in [3.8, 4) is 5.75 Å². The molecule has 2 heterocycles. The van der Waals surface area contributed by atoms with Crippen molar-refractivity contribution in [3.05, 3.63) is 52.5 Å². The third-order valence-corrected chi connectivity index (χ3v) is 6.65. The van der Waals surface area contributed by atoms with Crippen LogP contribution in [-0.4, -0.2) is 54.7 Å². The lowest BCUT2D eigenvalue weighted by molar-refractivity contribution is -0.140. The highest BCUT2D eigenvalue weighted by molar-refractivity contribution is 9.10. The minimum Gasteiger partial charge on any atom is -0.497 e. The summed E-state index contributed by atoms with van der Waals surface area (Å²) in [5.74, 6) is -0.153. The molecule has 0 unspecified atom stereocenters. The van der Waals surface area contributed by atoms with Crippen LogP contribution in [-0.2, 0) is 10.5 Å². The molecule has 0 radical (unpaired) electrons. The maximum Gasteiger partial charge on any atom is 0.329 e. The Morgan fingerprint density at radius 2 is 2.16 bits per heavy atom. The molecule has 170 valence electrons. The second-order valence-corrected chi connectivity index (χ2v) is 8.88. The van der Waals surface area contributed by atoms with Crippen LogP contribution in [0.15, 0.2) is 46.9 Å². The monoisotopic (exact) mass is 502 g/mol. The van der Waals surface area contributed by atoms with Crippen LogP contribution in [0.1, 0.15) is 25.3 Å². The number of rotatable bonds is 6. The van der Waals surface area contributed by atoms with Crippen molar-refractivity contribution in [2.45, 2.75) is 31.5 Å². The van der Waals surface area contributed by atoms with E-state index in [1.165, 1.54) is 7.11 Å². The number of carbonyl (C=O) groups excluding carboxylic acids is 2. The Labute approximate surface area is 195 Å². The number of carbonyl (C=O) groups is 2. The number of nitrogens with one attached hydrogen (secondary N) is 2. The summed E-state index contributed by atoms with van der Waals surface area (Å²) >= 11 is 3.41. The van der Waals surface area contributed by atoms with E-state index in [4.69, 9.17) is 4.74 Å². The number of urea groups is 1. The van der Waals surface area contributed by atoms with Crippen molar-refractivity contribution in [3.63, 3.8) is 0 Å². The average Bonchev–Trinajstić information content (AvgIpc) is 3.25. The standard InChI is InChI=1S/C23H27BrN4O4/c1-3-27-11-5-7-17(27)14-25-21(29)23(31)19-12-15(24)9-10-20(19)26-22(30)28(23)16-6-4-8-18(13-16)32-2/h4,6,8-10,12-13,17,31H,3,5,7,11,14H2,1-2H3,(H,25,29)(H,26,30)/t17-,23+/m1/s1. The number of fused-ring (bicyclic) bond motifs is 1. The van der Waals surface area contributed by atoms with E-state index in [0.717, 1.165) is 30.8 Å². The molecule has 0 aromatic heterocycles. The van der Waals surface area contributed by atoms with Crippen LogP contribution in [0.3, 0.4) is 0 Å². The van der Waals surface area contributed by atoms with Gasteiger partial charge in [0.05, 0.1) is 18.5 Å². The van der Waals surface area contributed by atoms with Gasteiger partial charge in [0.25, 0.3) is 11.6 Å². The molecule has 2 aliphatic heterocycles. The Balaban J connectivity index is 1.74. The molecule has 1 fully saturated rings. The summed E-state index contributed by atoms with van der Waals surface area (Å²) in [5.41, 5.74) is -1.25. The molecule has 2 aromatic carbocycles. The van der Waals surface area contributed by atoms with Crippen molar-refractivity contribution < 1.29 is 19.4 Å². The highest BCUT2D eigenvalue weighted by atomic mass is 79.9. The van der Waals surface area contributed by atoms with Gasteiger partial charge in [-0.3, -0.25) is 14.6 Å². The summed E-state index contributed by atoms with van der Waals surface area (Å²) in [7, 11) is 1.52. The number of aliphatic hydroxyl groups is 1. The van der Waals surface area contributed by atoms with Crippen LogP contribution >= 0.6 is 15.9 Å². The van der Waals surface area contributed by atoms with Gasteiger partial charge in [-0.05, 0) is 56.3 Å². The first-order chi connectivity index (χ1) is 15.4. The van der Waals surface area contributed by atoms with Crippen LogP contribution in [0.5, 0.6) is 5.75 Å². The SMILES string of the molecule is CCN1CCC[C@@H]1CNC(=O)[C@@]1(O)c2cc(Br)ccc2NC(=O)N1c1cccc(OC)c1. The van der Waals surface area contributed by atoms with Crippen molar-refractivity contribution in [2.24, 2.45) is 0 Å². The molecule has 9 heteroatoms. The molecule has 2 atom stereocenters. The number of nitrogens with zero attached hydrogens (tertiary/aromatic N) is 2. The topological polar surface area (TPSA) is 94.1 Å². The second kappa shape index (κ2) is 9.09. The number of methoxy groups -OCH3 is 1. The van der Waals surface area contributed by atoms with Crippen molar-refractivity contribution in [2.75, 3.05) is 37.0 Å². The van der Waals surface area contributed by atoms with Crippen LogP contribution < -0.4 is 20.3 Å². The highest BCUT2D eigenvalue weighted by Crippen LogP contribution is 2.41. The Hall–Kier alpha value is -2.62. The normalized spacial score (nSPS) is 22.9. The van der Waals surface area contributed by atoms with Gasteiger partial charge in [-0.2, -0.15) is 0 Å². The van der Waals surface area contributed by atoms with E-state index in [0.29, 0.717) is 28.1 Å². The molecule has 0 aliphatic carbocycles. The predicted octanol–water partition coefficient (Wildman–Crippen LogP) is 3.26. The number of likely N-dealkylation sites (tertiary alicyclic amines) is 1. The van der Waals surface area contributed by atoms with Gasteiger partial charge >= 0.3 is 6.03 Å². The summed E-state index contributed by atoms with van der Waals surface area (Å²) in [5, 5.41) is 17.6. The fourth-order valence-electron chi connectivity index (χ4n) is 4.51. The first-order valence-electron chi connectivity index (χ1n) is 10.7. The summed E-state index contributed by atoms with van der Waals surface area (Å²) in [6.07, 6.45) is 2.06. The number of benzene rings is 2. The summed E-state index contributed by atoms with van der Waals surface area (Å²) in [6, 6.07) is 11.3. The number of likely N-dealkylation sites (N-methyl/N-ethyl adjacent to an activating group) is 1. The van der Waals surface area contributed by atoms with E-state index in [-0.39, 0.29) is 11.6 Å². The van der Waals surface area contributed by atoms with Gasteiger partial charge in [-0.25, -0.2) is 4.79 Å². The molecule has 2 aromatic rings. The average molecular weight is 503 g/mol. The van der Waals surface area contributed by atoms with Crippen LogP contribution in [0.4, 0.5) is 16.2 Å². The van der Waals surface area contributed by atoms with Gasteiger partial charge in [0.1, 0.15) is 5.75 Å². The Kier molecular flexibility index (Phi) is 6.41. The molecular formula is C23H27BrN4O4. The van der Waals surface area contributed by atoms with E-state index in [1.54, 1.807) is 42.5 Å². The molecule has 0 spiro atoms. The fourth-order valence-corrected chi connectivity index (χ4v) is 4.87. The molecular weight excluding hydrogens is 476 g/mol. The van der Waals surface area contributed by atoms with Crippen LogP contribution in [0.25, 0.3) is 0 Å². The van der Waals surface area contributed by atoms with Gasteiger partial charge in [-0.15, -0.1) is 0 Å². The van der Waals surface area contributed by atoms with Crippen LogP contribution in [0.2, 0.25) is 0 Å². The van der Waals surface area contributed by atoms with Gasteiger partial charge in [0.2, 0.25) is 0 Å². The van der Waals surface area contributed by atoms with Gasteiger partial charge in [-0.1, -0.05) is 28.9 Å². The first kappa shape index (κ1) is 22.6. The van der Waals surface area contributed by atoms with E-state index >= 15 is 0 Å². The van der Waals surface area contributed by atoms with E-state index < -0.39 is 17.7 Å². The lowest BCUT2D eigenvalue weighted by atomic mass is 9.94. The van der Waals surface area contributed by atoms with Gasteiger partial charge in [0, 0.05) is 28.7 Å². The van der Waals surface area contributed by atoms with Crippen molar-refractivity contribution in [1.82, 2.24) is 10.2 Å². The second-order valence-electron chi connectivity index (χ2n) is 7.96. The smallest absolute Gasteiger partial charge is 0.329 e. The molecule has 0 saturated carbocycles. The largest absolute Gasteiger partial charge is 0.497 e. The quantitative estimate of drug-likeness (QED) is 0.563. The number of halogens is 1. The van der Waals surface area contributed by atoms with Gasteiger partial charge in [0.15, 0.2) is 0 Å². The number of ether oxygens (including phenoxy) is 1. The Bertz CT molecular complexity index is 1030. The number of hydrogen-bond acceptors (Lipinski definition) is 5.